The van der Waals surface area contributed by atoms with Crippen molar-refractivity contribution < 1.29 is 8.78 Å². The highest BCUT2D eigenvalue weighted by molar-refractivity contribution is 5.73. The van der Waals surface area contributed by atoms with Gasteiger partial charge in [0.25, 0.3) is 0 Å². The fourth-order valence-electron chi connectivity index (χ4n) is 3.37. The first-order valence-electron chi connectivity index (χ1n) is 8.56. The van der Waals surface area contributed by atoms with Crippen LogP contribution in [-0.2, 0) is 6.54 Å². The Hall–Kier alpha value is -2.79. The fourth-order valence-corrected chi connectivity index (χ4v) is 3.37. The van der Waals surface area contributed by atoms with Crippen molar-refractivity contribution >= 4 is 11.4 Å². The summed E-state index contributed by atoms with van der Waals surface area (Å²) in [5.74, 6) is -1.65. The minimum Gasteiger partial charge on any atom is -0.340 e. The van der Waals surface area contributed by atoms with E-state index in [0.717, 1.165) is 35.5 Å². The summed E-state index contributed by atoms with van der Waals surface area (Å²) in [5, 5.41) is 0. The van der Waals surface area contributed by atoms with Crippen LogP contribution < -0.4 is 4.90 Å². The van der Waals surface area contributed by atoms with Gasteiger partial charge in [-0.25, -0.2) is 8.78 Å². The van der Waals surface area contributed by atoms with Crippen LogP contribution in [0.15, 0.2) is 60.9 Å². The lowest BCUT2D eigenvalue weighted by atomic mass is 10.0. The van der Waals surface area contributed by atoms with Gasteiger partial charge in [-0.1, -0.05) is 12.1 Å². The van der Waals surface area contributed by atoms with E-state index in [1.54, 1.807) is 12.3 Å². The average Bonchev–Trinajstić information content (AvgIpc) is 2.82. The van der Waals surface area contributed by atoms with Crippen LogP contribution in [0, 0.1) is 11.6 Å². The van der Waals surface area contributed by atoms with Gasteiger partial charge in [0, 0.05) is 49.5 Å². The van der Waals surface area contributed by atoms with Crippen molar-refractivity contribution in [3.05, 3.63) is 78.1 Å². The van der Waals surface area contributed by atoms with Gasteiger partial charge >= 0.3 is 0 Å². The fraction of sp³-hybridized carbons (Fsp3) is 0.190. The molecule has 0 saturated heterocycles. The Morgan fingerprint density at radius 2 is 1.81 bits per heavy atom. The molecule has 0 aliphatic carbocycles. The lowest BCUT2D eigenvalue weighted by molar-refractivity contribution is 0.343. The topological polar surface area (TPSA) is 19.4 Å². The van der Waals surface area contributed by atoms with Crippen LogP contribution >= 0.6 is 0 Å². The van der Waals surface area contributed by atoms with E-state index in [9.17, 15) is 8.78 Å². The van der Waals surface area contributed by atoms with Crippen molar-refractivity contribution in [1.29, 1.82) is 0 Å². The van der Waals surface area contributed by atoms with Crippen LogP contribution in [0.4, 0.5) is 20.2 Å². The van der Waals surface area contributed by atoms with Crippen LogP contribution in [0.25, 0.3) is 11.1 Å². The molecule has 0 atom stereocenters. The number of hydrogen-bond acceptors (Lipinski definition) is 3. The summed E-state index contributed by atoms with van der Waals surface area (Å²) in [6.07, 6.45) is 3.60. The number of anilines is 2. The number of nitrogens with zero attached hydrogens (tertiary/aromatic N) is 3. The lowest BCUT2D eigenvalue weighted by Gasteiger charge is -2.25. The van der Waals surface area contributed by atoms with E-state index < -0.39 is 11.6 Å². The van der Waals surface area contributed by atoms with E-state index in [1.807, 2.05) is 29.3 Å². The summed E-state index contributed by atoms with van der Waals surface area (Å²) < 4.78 is 27.1. The first-order chi connectivity index (χ1) is 12.6. The molecule has 26 heavy (non-hydrogen) atoms. The largest absolute Gasteiger partial charge is 0.340 e. The minimum atomic E-state index is -0.826. The summed E-state index contributed by atoms with van der Waals surface area (Å²) in [6.45, 7) is 2.33. The molecule has 1 aromatic heterocycles. The monoisotopic (exact) mass is 351 g/mol. The van der Waals surface area contributed by atoms with Crippen molar-refractivity contribution in [1.82, 2.24) is 9.88 Å². The molecule has 1 aliphatic heterocycles. The van der Waals surface area contributed by atoms with Crippen LogP contribution in [0.1, 0.15) is 5.56 Å². The standard InChI is InChI=1S/C21H19F2N3/c1-25-9-10-26(18-5-6-19(22)20(23)12-18)21-7-4-15(11-17(21)14-25)16-3-2-8-24-13-16/h2-8,11-13H,9-10,14H2,1H3. The summed E-state index contributed by atoms with van der Waals surface area (Å²) in [7, 11) is 2.06. The summed E-state index contributed by atoms with van der Waals surface area (Å²) >= 11 is 0. The van der Waals surface area contributed by atoms with E-state index in [2.05, 4.69) is 29.1 Å². The summed E-state index contributed by atoms with van der Waals surface area (Å²) in [6, 6.07) is 14.3. The zero-order chi connectivity index (χ0) is 18.1. The molecular formula is C21H19F2N3. The maximum atomic E-state index is 13.8. The van der Waals surface area contributed by atoms with Crippen molar-refractivity contribution in [2.75, 3.05) is 25.0 Å². The van der Waals surface area contributed by atoms with Crippen molar-refractivity contribution in [3.63, 3.8) is 0 Å². The highest BCUT2D eigenvalue weighted by Crippen LogP contribution is 2.34. The molecule has 0 bridgehead atoms. The van der Waals surface area contributed by atoms with Gasteiger partial charge in [-0.05, 0) is 54.1 Å². The molecule has 4 rings (SSSR count). The molecule has 3 aromatic rings. The Bertz CT molecular complexity index is 928. The molecule has 0 fully saturated rings. The maximum absolute atomic E-state index is 13.8. The molecule has 0 N–H and O–H groups in total. The van der Waals surface area contributed by atoms with Gasteiger partial charge in [-0.2, -0.15) is 0 Å². The summed E-state index contributed by atoms with van der Waals surface area (Å²) in [4.78, 5) is 8.47. The summed E-state index contributed by atoms with van der Waals surface area (Å²) in [5.41, 5.74) is 4.98. The van der Waals surface area contributed by atoms with Crippen LogP contribution in [0.3, 0.4) is 0 Å². The highest BCUT2D eigenvalue weighted by atomic mass is 19.2. The quantitative estimate of drug-likeness (QED) is 0.672. The molecule has 0 spiro atoms. The van der Waals surface area contributed by atoms with Gasteiger partial charge in [0.05, 0.1) is 0 Å². The molecule has 0 saturated carbocycles. The van der Waals surface area contributed by atoms with Gasteiger partial charge in [0.2, 0.25) is 0 Å². The third kappa shape index (κ3) is 3.18. The second-order valence-electron chi connectivity index (χ2n) is 6.57. The van der Waals surface area contributed by atoms with Crippen molar-refractivity contribution in [2.45, 2.75) is 6.54 Å². The first-order valence-corrected chi connectivity index (χ1v) is 8.56. The SMILES string of the molecule is CN1CCN(c2ccc(F)c(F)c2)c2ccc(-c3cccnc3)cc2C1. The van der Waals surface area contributed by atoms with Gasteiger partial charge in [-0.15, -0.1) is 0 Å². The van der Waals surface area contributed by atoms with Gasteiger partial charge < -0.3 is 9.80 Å². The Morgan fingerprint density at radius 3 is 2.58 bits per heavy atom. The van der Waals surface area contributed by atoms with Crippen molar-refractivity contribution in [2.24, 2.45) is 0 Å². The molecular weight excluding hydrogens is 332 g/mol. The Kier molecular flexibility index (Phi) is 4.39. The molecule has 0 radical (unpaired) electrons. The number of aromatic nitrogens is 1. The van der Waals surface area contributed by atoms with E-state index >= 15 is 0 Å². The normalized spacial score (nSPS) is 14.8. The molecule has 2 aromatic carbocycles. The predicted molar refractivity (Wildman–Crippen MR) is 99.4 cm³/mol. The third-order valence-corrected chi connectivity index (χ3v) is 4.73. The van der Waals surface area contributed by atoms with Crippen LogP contribution in [0.2, 0.25) is 0 Å². The number of hydrogen-bond donors (Lipinski definition) is 0. The molecule has 132 valence electrons. The Morgan fingerprint density at radius 1 is 0.923 bits per heavy atom. The predicted octanol–water partition coefficient (Wildman–Crippen LogP) is 4.61. The average molecular weight is 351 g/mol. The number of benzene rings is 2. The van der Waals surface area contributed by atoms with E-state index in [-0.39, 0.29) is 0 Å². The van der Waals surface area contributed by atoms with E-state index in [0.29, 0.717) is 12.2 Å². The number of halogens is 2. The van der Waals surface area contributed by atoms with Crippen molar-refractivity contribution in [3.8, 4) is 11.1 Å². The molecule has 0 amide bonds. The van der Waals surface area contributed by atoms with Gasteiger partial charge in [-0.3, -0.25) is 4.98 Å². The maximum Gasteiger partial charge on any atom is 0.160 e. The zero-order valence-corrected chi connectivity index (χ0v) is 14.5. The number of pyridine rings is 1. The number of rotatable bonds is 2. The lowest BCUT2D eigenvalue weighted by Crippen LogP contribution is -2.26. The third-order valence-electron chi connectivity index (χ3n) is 4.73. The molecule has 1 aliphatic rings. The Labute approximate surface area is 151 Å². The second kappa shape index (κ2) is 6.84. The van der Waals surface area contributed by atoms with Crippen LogP contribution in [-0.4, -0.2) is 30.0 Å². The molecule has 2 heterocycles. The molecule has 5 heteroatoms. The molecule has 0 unspecified atom stereocenters. The minimum absolute atomic E-state index is 0.662. The van der Waals surface area contributed by atoms with E-state index in [4.69, 9.17) is 0 Å². The van der Waals surface area contributed by atoms with Crippen LogP contribution in [0.5, 0.6) is 0 Å². The van der Waals surface area contributed by atoms with E-state index in [1.165, 1.54) is 12.1 Å². The second-order valence-corrected chi connectivity index (χ2v) is 6.57. The zero-order valence-electron chi connectivity index (χ0n) is 14.5. The first kappa shape index (κ1) is 16.7. The van der Waals surface area contributed by atoms with Gasteiger partial charge in [0.15, 0.2) is 11.6 Å². The number of fused-ring (bicyclic) bond motifs is 1. The molecule has 3 nitrogen and oxygen atoms in total. The smallest absolute Gasteiger partial charge is 0.160 e. The Balaban J connectivity index is 1.79. The highest BCUT2D eigenvalue weighted by Gasteiger charge is 2.20. The van der Waals surface area contributed by atoms with Gasteiger partial charge in [0.1, 0.15) is 0 Å². The number of likely N-dealkylation sites (N-methyl/N-ethyl adjacent to an activating group) is 1.